The van der Waals surface area contributed by atoms with E-state index in [0.29, 0.717) is 17.7 Å². The Morgan fingerprint density at radius 2 is 1.81 bits per heavy atom. The molecule has 0 aliphatic carbocycles. The first-order valence-corrected chi connectivity index (χ1v) is 12.5. The lowest BCUT2D eigenvalue weighted by Gasteiger charge is -2.26. The first-order chi connectivity index (χ1) is 17.1. The Bertz CT molecular complexity index is 1340. The molecule has 0 amide bonds. The number of hydrogen-bond donors (Lipinski definition) is 0. The first-order valence-electron chi connectivity index (χ1n) is 12.5. The number of unbranched alkanes of at least 4 members (excludes halogenated alkanes) is 1. The van der Waals surface area contributed by atoms with Gasteiger partial charge in [0.05, 0.1) is 11.9 Å². The Hall–Kier alpha value is -3.38. The molecule has 1 fully saturated rings. The zero-order valence-electron chi connectivity index (χ0n) is 20.2. The summed E-state index contributed by atoms with van der Waals surface area (Å²) in [6.45, 7) is 5.22. The van der Waals surface area contributed by atoms with Crippen molar-refractivity contribution in [2.24, 2.45) is 0 Å². The monoisotopic (exact) mass is 486 g/mol. The molecule has 1 aliphatic heterocycles. The lowest BCUT2D eigenvalue weighted by molar-refractivity contribution is 0.0971. The number of rotatable bonds is 8. The molecule has 4 aromatic rings. The molecular weight excluding hydrogens is 451 g/mol. The summed E-state index contributed by atoms with van der Waals surface area (Å²) in [5.74, 6) is -0.112. The number of aromatic nitrogens is 3. The van der Waals surface area contributed by atoms with E-state index in [0.717, 1.165) is 47.4 Å². The number of carbonyl (C=O) groups excluding carboxylic acids is 1. The van der Waals surface area contributed by atoms with Crippen LogP contribution in [0.1, 0.15) is 62.0 Å². The van der Waals surface area contributed by atoms with Gasteiger partial charge in [0.15, 0.2) is 5.78 Å². The van der Waals surface area contributed by atoms with Crippen molar-refractivity contribution in [1.29, 1.82) is 0 Å². The Labute approximate surface area is 213 Å². The SMILES string of the molecule is C.Cc1cc(-c2ncccc2-c2ccc3ncc(C(=O)CCCCN4CCCCC4)n3c2)ccc1F. The third-order valence-corrected chi connectivity index (χ3v) is 6.92. The largest absolute Gasteiger partial charge is 0.303 e. The van der Waals surface area contributed by atoms with Crippen molar-refractivity contribution in [2.45, 2.75) is 52.9 Å². The van der Waals surface area contributed by atoms with Crippen molar-refractivity contribution >= 4 is 11.4 Å². The van der Waals surface area contributed by atoms with Crippen molar-refractivity contribution in [1.82, 2.24) is 19.3 Å². The van der Waals surface area contributed by atoms with Crippen LogP contribution in [0.3, 0.4) is 0 Å². The molecule has 3 aromatic heterocycles. The number of benzene rings is 1. The van der Waals surface area contributed by atoms with Crippen LogP contribution in [0.5, 0.6) is 0 Å². The molecule has 0 unspecified atom stereocenters. The molecule has 5 rings (SSSR count). The molecule has 1 aromatic carbocycles. The standard InChI is InChI=1S/C29H31FN4O.CH4/c1-21-18-22(10-12-25(21)30)29-24(8-7-14-31-29)23-11-13-28-32-19-26(34(28)20-23)27(35)9-3-6-17-33-15-4-2-5-16-33;/h7-8,10-14,18-20H,2-6,9,15-17H2,1H3;1H4. The molecule has 6 heteroatoms. The molecule has 0 atom stereocenters. The number of nitrogens with zero attached hydrogens (tertiary/aromatic N) is 4. The topological polar surface area (TPSA) is 50.5 Å². The number of likely N-dealkylation sites (tertiary alicyclic amines) is 1. The average Bonchev–Trinajstić information content (AvgIpc) is 3.32. The maximum atomic E-state index is 13.8. The minimum absolute atomic E-state index is 0. The van der Waals surface area contributed by atoms with Crippen LogP contribution >= 0.6 is 0 Å². The molecule has 1 saturated heterocycles. The summed E-state index contributed by atoms with van der Waals surface area (Å²) in [5.41, 5.74) is 5.43. The first kappa shape index (κ1) is 25.7. The van der Waals surface area contributed by atoms with Crippen LogP contribution in [-0.4, -0.2) is 44.7 Å². The minimum atomic E-state index is -0.231. The highest BCUT2D eigenvalue weighted by Gasteiger charge is 2.16. The fourth-order valence-corrected chi connectivity index (χ4v) is 4.94. The lowest BCUT2D eigenvalue weighted by Crippen LogP contribution is -2.30. The van der Waals surface area contributed by atoms with Crippen LogP contribution in [0, 0.1) is 12.7 Å². The van der Waals surface area contributed by atoms with Crippen LogP contribution < -0.4 is 0 Å². The molecule has 188 valence electrons. The molecule has 0 N–H and O–H groups in total. The van der Waals surface area contributed by atoms with E-state index in [4.69, 9.17) is 0 Å². The predicted octanol–water partition coefficient (Wildman–Crippen LogP) is 6.99. The number of halogens is 1. The highest BCUT2D eigenvalue weighted by molar-refractivity contribution is 5.95. The van der Waals surface area contributed by atoms with Gasteiger partial charge in [0, 0.05) is 35.5 Å². The summed E-state index contributed by atoms with van der Waals surface area (Å²) < 4.78 is 15.7. The van der Waals surface area contributed by atoms with Gasteiger partial charge in [-0.2, -0.15) is 0 Å². The van der Waals surface area contributed by atoms with Gasteiger partial charge in [-0.25, -0.2) is 9.37 Å². The second-order valence-electron chi connectivity index (χ2n) is 9.44. The van der Waals surface area contributed by atoms with Gasteiger partial charge >= 0.3 is 0 Å². The van der Waals surface area contributed by atoms with Gasteiger partial charge in [-0.15, -0.1) is 0 Å². The van der Waals surface area contributed by atoms with E-state index < -0.39 is 0 Å². The summed E-state index contributed by atoms with van der Waals surface area (Å²) in [7, 11) is 0. The van der Waals surface area contributed by atoms with Gasteiger partial charge in [-0.3, -0.25) is 14.2 Å². The van der Waals surface area contributed by atoms with Gasteiger partial charge in [-0.05, 0) is 94.2 Å². The summed E-state index contributed by atoms with van der Waals surface area (Å²) in [6.07, 6.45) is 11.8. The molecule has 0 radical (unpaired) electrons. The molecular formula is C30H35FN4O. The molecule has 36 heavy (non-hydrogen) atoms. The molecule has 0 spiro atoms. The van der Waals surface area contributed by atoms with Gasteiger partial charge < -0.3 is 4.90 Å². The van der Waals surface area contributed by atoms with E-state index >= 15 is 0 Å². The Balaban J connectivity index is 0.00000304. The summed E-state index contributed by atoms with van der Waals surface area (Å²) in [5, 5.41) is 0. The third-order valence-electron chi connectivity index (χ3n) is 6.92. The van der Waals surface area contributed by atoms with Gasteiger partial charge in [0.2, 0.25) is 0 Å². The molecule has 0 saturated carbocycles. The quantitative estimate of drug-likeness (QED) is 0.199. The number of ketones is 1. The number of fused-ring (bicyclic) bond motifs is 1. The van der Waals surface area contributed by atoms with Crippen molar-refractivity contribution in [2.75, 3.05) is 19.6 Å². The fraction of sp³-hybridized carbons (Fsp3) is 0.367. The van der Waals surface area contributed by atoms with Crippen LogP contribution in [0.15, 0.2) is 61.1 Å². The number of carbonyl (C=O) groups is 1. The average molecular weight is 487 g/mol. The third kappa shape index (κ3) is 5.54. The van der Waals surface area contributed by atoms with E-state index in [1.165, 1.54) is 38.4 Å². The van der Waals surface area contributed by atoms with Crippen LogP contribution in [0.4, 0.5) is 4.39 Å². The summed E-state index contributed by atoms with van der Waals surface area (Å²) in [4.78, 5) is 24.6. The van der Waals surface area contributed by atoms with Crippen molar-refractivity contribution in [3.63, 3.8) is 0 Å². The lowest BCUT2D eigenvalue weighted by atomic mass is 9.99. The molecule has 0 bridgehead atoms. The van der Waals surface area contributed by atoms with Crippen molar-refractivity contribution in [3.05, 3.63) is 78.1 Å². The summed E-state index contributed by atoms with van der Waals surface area (Å²) in [6, 6.07) is 12.9. The van der Waals surface area contributed by atoms with Gasteiger partial charge in [-0.1, -0.05) is 19.9 Å². The van der Waals surface area contributed by atoms with Crippen molar-refractivity contribution in [3.8, 4) is 22.4 Å². The number of Topliss-reactive ketones (excluding diaryl/α,β-unsaturated/α-hetero) is 1. The fourth-order valence-electron chi connectivity index (χ4n) is 4.94. The highest BCUT2D eigenvalue weighted by atomic mass is 19.1. The number of piperidine rings is 1. The van der Waals surface area contributed by atoms with E-state index in [-0.39, 0.29) is 19.0 Å². The second kappa shape index (κ2) is 11.6. The maximum Gasteiger partial charge on any atom is 0.181 e. The maximum absolute atomic E-state index is 13.8. The van der Waals surface area contributed by atoms with E-state index in [1.54, 1.807) is 25.4 Å². The van der Waals surface area contributed by atoms with Crippen LogP contribution in [0.2, 0.25) is 0 Å². The van der Waals surface area contributed by atoms with E-state index in [2.05, 4.69) is 14.9 Å². The summed E-state index contributed by atoms with van der Waals surface area (Å²) >= 11 is 0. The number of aryl methyl sites for hydroxylation is 1. The Morgan fingerprint density at radius 3 is 2.61 bits per heavy atom. The molecule has 5 nitrogen and oxygen atoms in total. The van der Waals surface area contributed by atoms with Crippen molar-refractivity contribution < 1.29 is 9.18 Å². The molecule has 1 aliphatic rings. The van der Waals surface area contributed by atoms with Gasteiger partial charge in [0.25, 0.3) is 0 Å². The Kier molecular flexibility index (Phi) is 8.26. The number of imidazole rings is 1. The second-order valence-corrected chi connectivity index (χ2v) is 9.44. The normalized spacial score (nSPS) is 14.1. The highest BCUT2D eigenvalue weighted by Crippen LogP contribution is 2.31. The Morgan fingerprint density at radius 1 is 1.00 bits per heavy atom. The predicted molar refractivity (Wildman–Crippen MR) is 144 cm³/mol. The zero-order chi connectivity index (χ0) is 24.2. The van der Waals surface area contributed by atoms with Gasteiger partial charge in [0.1, 0.15) is 17.2 Å². The smallest absolute Gasteiger partial charge is 0.181 e. The number of pyridine rings is 2. The van der Waals surface area contributed by atoms with E-state index in [1.807, 2.05) is 40.9 Å². The van der Waals surface area contributed by atoms with Crippen LogP contribution in [-0.2, 0) is 0 Å². The van der Waals surface area contributed by atoms with Crippen LogP contribution in [0.25, 0.3) is 28.0 Å². The zero-order valence-corrected chi connectivity index (χ0v) is 20.2. The van der Waals surface area contributed by atoms with E-state index in [9.17, 15) is 9.18 Å². The molecule has 4 heterocycles. The number of hydrogen-bond acceptors (Lipinski definition) is 4. The minimum Gasteiger partial charge on any atom is -0.303 e.